The van der Waals surface area contributed by atoms with E-state index in [1.165, 1.54) is 30.6 Å². The van der Waals surface area contributed by atoms with Gasteiger partial charge in [-0.05, 0) is 46.3 Å². The molecule has 1 aromatic rings. The van der Waals surface area contributed by atoms with Crippen molar-refractivity contribution in [2.75, 3.05) is 13.6 Å². The number of fused-ring (bicyclic) bond motifs is 1. The number of rotatable bonds is 1. The Morgan fingerprint density at radius 3 is 2.93 bits per heavy atom. The zero-order valence-corrected chi connectivity index (χ0v) is 10.0. The lowest BCUT2D eigenvalue weighted by molar-refractivity contribution is -0.724. The second-order valence-electron chi connectivity index (χ2n) is 4.82. The fourth-order valence-corrected chi connectivity index (χ4v) is 2.37. The van der Waals surface area contributed by atoms with Crippen molar-refractivity contribution in [3.05, 3.63) is 29.6 Å². The number of aryl methyl sites for hydroxylation is 1. The molecule has 2 heterocycles. The third-order valence-corrected chi connectivity index (χ3v) is 3.19. The van der Waals surface area contributed by atoms with E-state index in [1.807, 2.05) is 0 Å². The highest BCUT2D eigenvalue weighted by Crippen LogP contribution is 2.15. The maximum Gasteiger partial charge on any atom is 0.198 e. The molecule has 0 unspecified atom stereocenters. The maximum absolute atomic E-state index is 2.42. The molecule has 0 bridgehead atoms. The van der Waals surface area contributed by atoms with E-state index in [-0.39, 0.29) is 0 Å². The minimum atomic E-state index is 0.562. The average Bonchev–Trinajstić information content (AvgIpc) is 2.37. The van der Waals surface area contributed by atoms with E-state index in [2.05, 4.69) is 48.7 Å². The fourth-order valence-electron chi connectivity index (χ4n) is 2.37. The fraction of sp³-hybridized carbons (Fsp3) is 0.615. The highest BCUT2D eigenvalue weighted by atomic mass is 15.1. The minimum Gasteiger partial charge on any atom is -0.297 e. The molecular weight excluding hydrogens is 184 g/mol. The van der Waals surface area contributed by atoms with Gasteiger partial charge in [0.2, 0.25) is 0 Å². The molecule has 0 saturated heterocycles. The van der Waals surface area contributed by atoms with Crippen molar-refractivity contribution in [2.45, 2.75) is 39.3 Å². The summed E-state index contributed by atoms with van der Waals surface area (Å²) in [6.45, 7) is 6.82. The molecule has 1 aromatic heterocycles. The second-order valence-corrected chi connectivity index (χ2v) is 4.82. The third-order valence-electron chi connectivity index (χ3n) is 3.19. The lowest BCUT2D eigenvalue weighted by Crippen LogP contribution is -2.42. The summed E-state index contributed by atoms with van der Waals surface area (Å²) < 4.78 is 2.41. The molecule has 15 heavy (non-hydrogen) atoms. The molecule has 2 nitrogen and oxygen atoms in total. The Bertz CT molecular complexity index is 344. The van der Waals surface area contributed by atoms with Crippen molar-refractivity contribution in [2.24, 2.45) is 0 Å². The van der Waals surface area contributed by atoms with Gasteiger partial charge in [0.1, 0.15) is 0 Å². The topological polar surface area (TPSA) is 7.12 Å². The summed E-state index contributed by atoms with van der Waals surface area (Å²) in [6, 6.07) is 5.03. The van der Waals surface area contributed by atoms with Crippen molar-refractivity contribution < 1.29 is 4.57 Å². The monoisotopic (exact) mass is 205 g/mol. The van der Waals surface area contributed by atoms with Gasteiger partial charge in [0.25, 0.3) is 0 Å². The summed E-state index contributed by atoms with van der Waals surface area (Å²) in [5.74, 6) is 0. The van der Waals surface area contributed by atoms with Gasteiger partial charge >= 0.3 is 0 Å². The van der Waals surface area contributed by atoms with Crippen molar-refractivity contribution in [3.63, 3.8) is 0 Å². The Morgan fingerprint density at radius 1 is 1.40 bits per heavy atom. The molecule has 2 rings (SSSR count). The van der Waals surface area contributed by atoms with E-state index >= 15 is 0 Å². The van der Waals surface area contributed by atoms with Crippen LogP contribution in [0.15, 0.2) is 18.3 Å². The number of nitrogens with zero attached hydrogens (tertiary/aromatic N) is 2. The predicted octanol–water partition coefficient (Wildman–Crippen LogP) is 1.93. The van der Waals surface area contributed by atoms with Gasteiger partial charge in [0.15, 0.2) is 17.9 Å². The van der Waals surface area contributed by atoms with Gasteiger partial charge in [-0.3, -0.25) is 4.90 Å². The predicted molar refractivity (Wildman–Crippen MR) is 61.7 cm³/mol. The van der Waals surface area contributed by atoms with Gasteiger partial charge in [-0.25, -0.2) is 0 Å². The van der Waals surface area contributed by atoms with Crippen molar-refractivity contribution in [1.29, 1.82) is 0 Å². The zero-order chi connectivity index (χ0) is 10.8. The SMILES string of the molecule is CC(C)[n+]1cccc2c1CN(C)CCC2. The molecule has 0 N–H and O–H groups in total. The Morgan fingerprint density at radius 2 is 2.20 bits per heavy atom. The van der Waals surface area contributed by atoms with Gasteiger partial charge in [0.05, 0.1) is 6.54 Å². The first-order chi connectivity index (χ1) is 7.18. The largest absolute Gasteiger partial charge is 0.297 e. The molecule has 0 amide bonds. The highest BCUT2D eigenvalue weighted by Gasteiger charge is 2.22. The van der Waals surface area contributed by atoms with Crippen LogP contribution in [0, 0.1) is 0 Å². The normalized spacial score (nSPS) is 17.6. The molecule has 0 aliphatic carbocycles. The summed E-state index contributed by atoms with van der Waals surface area (Å²) in [4.78, 5) is 2.42. The molecule has 0 saturated carbocycles. The Labute approximate surface area is 92.5 Å². The van der Waals surface area contributed by atoms with Crippen LogP contribution in [0.1, 0.15) is 37.6 Å². The van der Waals surface area contributed by atoms with Crippen LogP contribution in [0.5, 0.6) is 0 Å². The summed E-state index contributed by atoms with van der Waals surface area (Å²) in [5, 5.41) is 0. The summed E-state index contributed by atoms with van der Waals surface area (Å²) in [6.07, 6.45) is 4.72. The van der Waals surface area contributed by atoms with Crippen LogP contribution in [-0.4, -0.2) is 18.5 Å². The molecule has 0 fully saturated rings. The van der Waals surface area contributed by atoms with E-state index in [0.29, 0.717) is 6.04 Å². The van der Waals surface area contributed by atoms with Gasteiger partial charge in [0, 0.05) is 11.6 Å². The number of pyridine rings is 1. The molecule has 0 radical (unpaired) electrons. The molecule has 0 spiro atoms. The van der Waals surface area contributed by atoms with Gasteiger partial charge in [-0.2, -0.15) is 4.57 Å². The molecule has 1 aliphatic rings. The van der Waals surface area contributed by atoms with Crippen LogP contribution in [0.4, 0.5) is 0 Å². The Hall–Kier alpha value is -0.890. The lowest BCUT2D eigenvalue weighted by Gasteiger charge is -2.13. The van der Waals surface area contributed by atoms with E-state index in [1.54, 1.807) is 0 Å². The quantitative estimate of drug-likeness (QED) is 0.635. The third kappa shape index (κ3) is 2.20. The number of hydrogen-bond donors (Lipinski definition) is 0. The first-order valence-corrected chi connectivity index (χ1v) is 5.89. The molecule has 2 heteroatoms. The van der Waals surface area contributed by atoms with Crippen LogP contribution in [0.2, 0.25) is 0 Å². The van der Waals surface area contributed by atoms with E-state index in [0.717, 1.165) is 6.54 Å². The lowest BCUT2D eigenvalue weighted by atomic mass is 10.1. The van der Waals surface area contributed by atoms with Crippen LogP contribution < -0.4 is 4.57 Å². The molecule has 0 aromatic carbocycles. The molecule has 82 valence electrons. The summed E-state index contributed by atoms with van der Waals surface area (Å²) in [7, 11) is 2.22. The average molecular weight is 205 g/mol. The smallest absolute Gasteiger partial charge is 0.198 e. The highest BCUT2D eigenvalue weighted by molar-refractivity contribution is 5.17. The van der Waals surface area contributed by atoms with Crippen LogP contribution in [-0.2, 0) is 13.0 Å². The Kier molecular flexibility index (Phi) is 3.06. The first kappa shape index (κ1) is 10.6. The minimum absolute atomic E-state index is 0.562. The maximum atomic E-state index is 2.42. The molecule has 0 atom stereocenters. The standard InChI is InChI=1S/C13H21N2/c1-11(2)15-9-5-7-12-6-4-8-14(3)10-13(12)15/h5,7,9,11H,4,6,8,10H2,1-3H3/q+1. The first-order valence-electron chi connectivity index (χ1n) is 5.89. The van der Waals surface area contributed by atoms with E-state index in [9.17, 15) is 0 Å². The molecular formula is C13H21N2+. The van der Waals surface area contributed by atoms with Crippen LogP contribution in [0.3, 0.4) is 0 Å². The van der Waals surface area contributed by atoms with E-state index < -0.39 is 0 Å². The van der Waals surface area contributed by atoms with Crippen molar-refractivity contribution in [1.82, 2.24) is 4.90 Å². The van der Waals surface area contributed by atoms with Crippen LogP contribution >= 0.6 is 0 Å². The second kappa shape index (κ2) is 4.31. The molecule has 1 aliphatic heterocycles. The van der Waals surface area contributed by atoms with Crippen molar-refractivity contribution >= 4 is 0 Å². The summed E-state index contributed by atoms with van der Waals surface area (Å²) in [5.41, 5.74) is 3.04. The van der Waals surface area contributed by atoms with Crippen molar-refractivity contribution in [3.8, 4) is 0 Å². The summed E-state index contributed by atoms with van der Waals surface area (Å²) >= 11 is 0. The van der Waals surface area contributed by atoms with Crippen LogP contribution in [0.25, 0.3) is 0 Å². The number of hydrogen-bond acceptors (Lipinski definition) is 1. The van der Waals surface area contributed by atoms with E-state index in [4.69, 9.17) is 0 Å². The van der Waals surface area contributed by atoms with Gasteiger partial charge in [-0.15, -0.1) is 0 Å². The van der Waals surface area contributed by atoms with Gasteiger partial charge in [-0.1, -0.05) is 0 Å². The zero-order valence-electron chi connectivity index (χ0n) is 10.0. The Balaban J connectivity index is 2.43. The van der Waals surface area contributed by atoms with Gasteiger partial charge < -0.3 is 0 Å². The number of aromatic nitrogens is 1.